The lowest BCUT2D eigenvalue weighted by Crippen LogP contribution is -2.24. The third-order valence-corrected chi connectivity index (χ3v) is 3.07. The first-order valence-electron chi connectivity index (χ1n) is 6.54. The van der Waals surface area contributed by atoms with Crippen molar-refractivity contribution in [2.75, 3.05) is 6.54 Å². The smallest absolute Gasteiger partial charge is 0.194 e. The predicted molar refractivity (Wildman–Crippen MR) is 71.4 cm³/mol. The Balaban J connectivity index is 3.02. The minimum atomic E-state index is -1.41. The van der Waals surface area contributed by atoms with E-state index >= 15 is 0 Å². The van der Waals surface area contributed by atoms with Gasteiger partial charge in [0.2, 0.25) is 0 Å². The molecule has 0 radical (unpaired) electrons. The van der Waals surface area contributed by atoms with Gasteiger partial charge in [-0.25, -0.2) is 13.2 Å². The van der Waals surface area contributed by atoms with Crippen molar-refractivity contribution >= 4 is 0 Å². The fraction of sp³-hybridized carbons (Fsp3) is 0.467. The van der Waals surface area contributed by atoms with E-state index in [0.717, 1.165) is 24.5 Å². The average molecular weight is 271 g/mol. The van der Waals surface area contributed by atoms with Gasteiger partial charge in [-0.15, -0.1) is 0 Å². The minimum Gasteiger partial charge on any atom is -0.310 e. The van der Waals surface area contributed by atoms with Crippen LogP contribution < -0.4 is 5.32 Å². The van der Waals surface area contributed by atoms with E-state index in [4.69, 9.17) is 0 Å². The molecule has 1 aromatic carbocycles. The molecular formula is C15H20F3N. The van der Waals surface area contributed by atoms with Crippen LogP contribution in [-0.2, 0) is 0 Å². The van der Waals surface area contributed by atoms with Gasteiger partial charge in [0.25, 0.3) is 0 Å². The molecule has 1 unspecified atom stereocenters. The Labute approximate surface area is 112 Å². The molecule has 0 amide bonds. The highest BCUT2D eigenvalue weighted by molar-refractivity contribution is 5.25. The highest BCUT2D eigenvalue weighted by Crippen LogP contribution is 2.26. The average Bonchev–Trinajstić information content (AvgIpc) is 2.41. The van der Waals surface area contributed by atoms with Crippen LogP contribution in [0, 0.1) is 17.5 Å². The first-order valence-corrected chi connectivity index (χ1v) is 6.54. The Hall–Kier alpha value is -1.29. The summed E-state index contributed by atoms with van der Waals surface area (Å²) in [6.07, 6.45) is 2.16. The Morgan fingerprint density at radius 2 is 1.89 bits per heavy atom. The topological polar surface area (TPSA) is 12.0 Å². The molecule has 106 valence electrons. The molecule has 1 nitrogen and oxygen atoms in total. The molecule has 1 rings (SSSR count). The Morgan fingerprint density at radius 3 is 2.47 bits per heavy atom. The van der Waals surface area contributed by atoms with Gasteiger partial charge in [0.05, 0.1) is 0 Å². The Kier molecular flexibility index (Phi) is 6.09. The molecule has 0 saturated carbocycles. The number of benzene rings is 1. The quantitative estimate of drug-likeness (QED) is 0.568. The van der Waals surface area contributed by atoms with Gasteiger partial charge in [0, 0.05) is 11.6 Å². The van der Waals surface area contributed by atoms with Crippen molar-refractivity contribution in [1.29, 1.82) is 0 Å². The van der Waals surface area contributed by atoms with Gasteiger partial charge in [-0.2, -0.15) is 0 Å². The molecule has 0 saturated heterocycles. The summed E-state index contributed by atoms with van der Waals surface area (Å²) < 4.78 is 40.1. The highest BCUT2D eigenvalue weighted by atomic mass is 19.2. The van der Waals surface area contributed by atoms with E-state index in [1.165, 1.54) is 6.07 Å². The summed E-state index contributed by atoms with van der Waals surface area (Å²) in [6, 6.07) is 1.88. The van der Waals surface area contributed by atoms with Crippen molar-refractivity contribution in [1.82, 2.24) is 5.32 Å². The fourth-order valence-corrected chi connectivity index (χ4v) is 1.85. The second-order valence-corrected chi connectivity index (χ2v) is 4.58. The van der Waals surface area contributed by atoms with Gasteiger partial charge < -0.3 is 5.32 Å². The van der Waals surface area contributed by atoms with Crippen molar-refractivity contribution in [2.24, 2.45) is 0 Å². The van der Waals surface area contributed by atoms with Crippen LogP contribution in [0.1, 0.15) is 44.7 Å². The van der Waals surface area contributed by atoms with Crippen LogP contribution in [0.15, 0.2) is 24.3 Å². The van der Waals surface area contributed by atoms with E-state index in [0.29, 0.717) is 13.0 Å². The molecule has 0 aliphatic carbocycles. The molecule has 0 heterocycles. The van der Waals surface area contributed by atoms with Gasteiger partial charge in [-0.1, -0.05) is 32.1 Å². The Bertz CT molecular complexity index is 443. The van der Waals surface area contributed by atoms with Gasteiger partial charge in [-0.3, -0.25) is 0 Å². The first-order chi connectivity index (χ1) is 9.01. The van der Waals surface area contributed by atoms with Crippen molar-refractivity contribution in [2.45, 2.75) is 39.2 Å². The fourth-order valence-electron chi connectivity index (χ4n) is 1.85. The van der Waals surface area contributed by atoms with E-state index in [1.54, 1.807) is 0 Å². The van der Waals surface area contributed by atoms with Crippen molar-refractivity contribution in [3.05, 3.63) is 47.3 Å². The molecule has 0 fully saturated rings. The Morgan fingerprint density at radius 1 is 1.21 bits per heavy atom. The van der Waals surface area contributed by atoms with Gasteiger partial charge in [0.1, 0.15) is 0 Å². The van der Waals surface area contributed by atoms with Crippen LogP contribution >= 0.6 is 0 Å². The molecule has 0 aliphatic rings. The van der Waals surface area contributed by atoms with Crippen LogP contribution in [0.2, 0.25) is 0 Å². The summed E-state index contributed by atoms with van der Waals surface area (Å²) >= 11 is 0. The van der Waals surface area contributed by atoms with E-state index in [-0.39, 0.29) is 11.6 Å². The number of halogens is 3. The third kappa shape index (κ3) is 4.10. The number of hydrogen-bond donors (Lipinski definition) is 1. The molecule has 1 atom stereocenters. The van der Waals surface area contributed by atoms with Gasteiger partial charge in [-0.05, 0) is 31.9 Å². The summed E-state index contributed by atoms with van der Waals surface area (Å²) in [4.78, 5) is 0. The SMILES string of the molecule is C=C(CC)CC(NCCC)c1ccc(F)c(F)c1F. The van der Waals surface area contributed by atoms with E-state index < -0.39 is 17.5 Å². The molecule has 1 N–H and O–H groups in total. The maximum atomic E-state index is 13.8. The lowest BCUT2D eigenvalue weighted by atomic mass is 9.97. The van der Waals surface area contributed by atoms with Crippen molar-refractivity contribution in [3.63, 3.8) is 0 Å². The monoisotopic (exact) mass is 271 g/mol. The summed E-state index contributed by atoms with van der Waals surface area (Å²) in [5.41, 5.74) is 1.10. The highest BCUT2D eigenvalue weighted by Gasteiger charge is 2.20. The predicted octanol–water partition coefficient (Wildman–Crippen LogP) is 4.50. The van der Waals surface area contributed by atoms with Crippen LogP contribution in [0.5, 0.6) is 0 Å². The minimum absolute atomic E-state index is 0.155. The molecule has 0 spiro atoms. The molecule has 19 heavy (non-hydrogen) atoms. The van der Waals surface area contributed by atoms with Crippen molar-refractivity contribution < 1.29 is 13.2 Å². The number of hydrogen-bond acceptors (Lipinski definition) is 1. The van der Waals surface area contributed by atoms with Crippen LogP contribution in [0.4, 0.5) is 13.2 Å². The van der Waals surface area contributed by atoms with E-state index in [9.17, 15) is 13.2 Å². The molecule has 1 aromatic rings. The first kappa shape index (κ1) is 15.8. The van der Waals surface area contributed by atoms with Crippen LogP contribution in [0.25, 0.3) is 0 Å². The second kappa shape index (κ2) is 7.34. The summed E-state index contributed by atoms with van der Waals surface area (Å²) in [7, 11) is 0. The van der Waals surface area contributed by atoms with E-state index in [2.05, 4.69) is 11.9 Å². The van der Waals surface area contributed by atoms with Crippen LogP contribution in [0.3, 0.4) is 0 Å². The molecule has 0 bridgehead atoms. The summed E-state index contributed by atoms with van der Waals surface area (Å²) in [5.74, 6) is -3.69. The van der Waals surface area contributed by atoms with E-state index in [1.807, 2.05) is 13.8 Å². The zero-order valence-corrected chi connectivity index (χ0v) is 11.4. The van der Waals surface area contributed by atoms with Crippen LogP contribution in [-0.4, -0.2) is 6.54 Å². The standard InChI is InChI=1S/C15H20F3N/c1-4-8-19-13(9-10(3)5-2)11-6-7-12(16)15(18)14(11)17/h6-7,13,19H,3-5,8-9H2,1-2H3. The number of nitrogens with one attached hydrogen (secondary N) is 1. The summed E-state index contributed by atoms with van der Waals surface area (Å²) in [6.45, 7) is 8.51. The normalized spacial score (nSPS) is 12.5. The zero-order valence-electron chi connectivity index (χ0n) is 11.4. The van der Waals surface area contributed by atoms with Gasteiger partial charge in [0.15, 0.2) is 17.5 Å². The lowest BCUT2D eigenvalue weighted by molar-refractivity contribution is 0.422. The summed E-state index contributed by atoms with van der Waals surface area (Å²) in [5, 5.41) is 3.15. The maximum Gasteiger partial charge on any atom is 0.194 e. The largest absolute Gasteiger partial charge is 0.310 e. The third-order valence-electron chi connectivity index (χ3n) is 3.07. The lowest BCUT2D eigenvalue weighted by Gasteiger charge is -2.20. The molecule has 4 heteroatoms. The maximum absolute atomic E-state index is 13.8. The zero-order chi connectivity index (χ0) is 14.4. The molecular weight excluding hydrogens is 251 g/mol. The molecule has 0 aliphatic heterocycles. The second-order valence-electron chi connectivity index (χ2n) is 4.58. The number of rotatable bonds is 7. The van der Waals surface area contributed by atoms with Crippen molar-refractivity contribution in [3.8, 4) is 0 Å². The molecule has 0 aromatic heterocycles. The van der Waals surface area contributed by atoms with Gasteiger partial charge >= 0.3 is 0 Å².